The van der Waals surface area contributed by atoms with Gasteiger partial charge in [-0.25, -0.2) is 4.52 Å². The number of rotatable bonds is 4. The Morgan fingerprint density at radius 1 is 0.926 bits per heavy atom. The number of hydrogen-bond acceptors (Lipinski definition) is 2. The lowest BCUT2D eigenvalue weighted by molar-refractivity contribution is -0.844. The summed E-state index contributed by atoms with van der Waals surface area (Å²) in [6, 6.07) is 20.1. The number of aryl methyl sites for hydroxylation is 1. The zero-order valence-electron chi connectivity index (χ0n) is 14.8. The SMILES string of the molecule is COc1ccc(-c2cc(/C=C/c3ccccc3)[n+](C)o2)cc1.F[B-](F)(F)F. The van der Waals surface area contributed by atoms with Crippen molar-refractivity contribution in [1.29, 1.82) is 0 Å². The van der Waals surface area contributed by atoms with Crippen molar-refractivity contribution < 1.29 is 31.3 Å². The van der Waals surface area contributed by atoms with Gasteiger partial charge < -0.3 is 22.0 Å². The topological polar surface area (TPSA) is 26.2 Å². The fourth-order valence-corrected chi connectivity index (χ4v) is 2.24. The average Bonchev–Trinajstić information content (AvgIpc) is 3.00. The van der Waals surface area contributed by atoms with Crippen LogP contribution in [0.4, 0.5) is 17.3 Å². The van der Waals surface area contributed by atoms with Crippen LogP contribution in [0.5, 0.6) is 5.75 Å². The molecule has 0 aliphatic rings. The molecule has 0 radical (unpaired) electrons. The van der Waals surface area contributed by atoms with E-state index >= 15 is 0 Å². The summed E-state index contributed by atoms with van der Waals surface area (Å²) >= 11 is 0. The van der Waals surface area contributed by atoms with Gasteiger partial charge in [-0.05, 0) is 40.6 Å². The number of ether oxygens (including phenoxy) is 1. The lowest BCUT2D eigenvalue weighted by Gasteiger charge is -1.98. The first-order valence-electron chi connectivity index (χ1n) is 8.01. The highest BCUT2D eigenvalue weighted by Crippen LogP contribution is 2.23. The third-order valence-electron chi connectivity index (χ3n) is 3.50. The van der Waals surface area contributed by atoms with E-state index in [4.69, 9.17) is 9.26 Å². The lowest BCUT2D eigenvalue weighted by Crippen LogP contribution is -2.27. The van der Waals surface area contributed by atoms with Crippen molar-refractivity contribution in [1.82, 2.24) is 0 Å². The Morgan fingerprint density at radius 2 is 1.52 bits per heavy atom. The number of methoxy groups -OCH3 is 1. The van der Waals surface area contributed by atoms with E-state index in [9.17, 15) is 17.3 Å². The summed E-state index contributed by atoms with van der Waals surface area (Å²) in [6.45, 7) is 0. The maximum absolute atomic E-state index is 9.75. The van der Waals surface area contributed by atoms with Gasteiger partial charge in [0.15, 0.2) is 7.05 Å². The zero-order chi connectivity index (χ0) is 19.9. The first-order valence-corrected chi connectivity index (χ1v) is 8.01. The molecule has 0 aliphatic heterocycles. The van der Waals surface area contributed by atoms with E-state index < -0.39 is 7.25 Å². The van der Waals surface area contributed by atoms with Gasteiger partial charge in [-0.15, -0.1) is 0 Å². The van der Waals surface area contributed by atoms with E-state index in [2.05, 4.69) is 18.2 Å². The molecule has 1 heterocycles. The first kappa shape index (κ1) is 20.3. The molecule has 0 saturated heterocycles. The number of aromatic nitrogens is 1. The lowest BCUT2D eigenvalue weighted by atomic mass is 10.1. The molecule has 0 N–H and O–H groups in total. The van der Waals surface area contributed by atoms with Crippen LogP contribution >= 0.6 is 0 Å². The Hall–Kier alpha value is -3.03. The Morgan fingerprint density at radius 3 is 2.07 bits per heavy atom. The molecule has 0 bridgehead atoms. The highest BCUT2D eigenvalue weighted by molar-refractivity contribution is 6.50. The van der Waals surface area contributed by atoms with Gasteiger partial charge in [-0.1, -0.05) is 30.3 Å². The summed E-state index contributed by atoms with van der Waals surface area (Å²) in [5.74, 6) is 1.67. The van der Waals surface area contributed by atoms with E-state index in [-0.39, 0.29) is 0 Å². The van der Waals surface area contributed by atoms with Gasteiger partial charge >= 0.3 is 7.25 Å². The molecule has 1 aromatic heterocycles. The van der Waals surface area contributed by atoms with Gasteiger partial charge in [0.1, 0.15) is 5.75 Å². The standard InChI is InChI=1S/C19H18NO2.BF4/c1-20-17(11-8-15-6-4-3-5-7-15)14-19(22-20)16-9-12-18(21-2)13-10-16;2-1(3,4)5/h3-14H,1-2H3;/q+1;-1/b11-8+;. The van der Waals surface area contributed by atoms with Crippen LogP contribution in [0.25, 0.3) is 23.5 Å². The van der Waals surface area contributed by atoms with Crippen LogP contribution in [-0.2, 0) is 7.05 Å². The normalized spacial score (nSPS) is 11.2. The number of nitrogens with zero attached hydrogens (tertiary/aromatic N) is 1. The minimum absolute atomic E-state index is 0.831. The second-order valence-electron chi connectivity index (χ2n) is 5.49. The smallest absolute Gasteiger partial charge is 0.497 e. The molecule has 0 fully saturated rings. The minimum Gasteiger partial charge on any atom is -0.497 e. The molecule has 0 aliphatic carbocycles. The molecular weight excluding hydrogens is 361 g/mol. The quantitative estimate of drug-likeness (QED) is 0.352. The van der Waals surface area contributed by atoms with Gasteiger partial charge in [0.2, 0.25) is 5.76 Å². The molecule has 8 heteroatoms. The number of hydrogen-bond donors (Lipinski definition) is 0. The third kappa shape index (κ3) is 7.01. The molecule has 0 atom stereocenters. The molecule has 142 valence electrons. The van der Waals surface area contributed by atoms with Gasteiger partial charge in [0, 0.05) is 11.6 Å². The summed E-state index contributed by atoms with van der Waals surface area (Å²) in [5.41, 5.74) is 3.19. The van der Waals surface area contributed by atoms with Crippen LogP contribution < -0.4 is 9.48 Å². The molecule has 3 nitrogen and oxygen atoms in total. The van der Waals surface area contributed by atoms with E-state index in [0.717, 1.165) is 28.3 Å². The largest absolute Gasteiger partial charge is 0.673 e. The monoisotopic (exact) mass is 379 g/mol. The van der Waals surface area contributed by atoms with Crippen molar-refractivity contribution in [3.63, 3.8) is 0 Å². The van der Waals surface area contributed by atoms with Crippen LogP contribution in [0.15, 0.2) is 65.2 Å². The Balaban J connectivity index is 0.000000465. The van der Waals surface area contributed by atoms with Crippen LogP contribution in [0.3, 0.4) is 0 Å². The van der Waals surface area contributed by atoms with Crippen molar-refractivity contribution >= 4 is 19.4 Å². The predicted octanol–water partition coefficient (Wildman–Crippen LogP) is 5.25. The second-order valence-corrected chi connectivity index (χ2v) is 5.49. The van der Waals surface area contributed by atoms with Gasteiger partial charge in [0.25, 0.3) is 5.69 Å². The first-order chi connectivity index (χ1) is 12.8. The van der Waals surface area contributed by atoms with Crippen molar-refractivity contribution in [2.45, 2.75) is 0 Å². The Bertz CT molecular complexity index is 869. The summed E-state index contributed by atoms with van der Waals surface area (Å²) < 4.78 is 51.7. The highest BCUT2D eigenvalue weighted by Gasteiger charge is 2.20. The van der Waals surface area contributed by atoms with E-state index in [1.165, 1.54) is 0 Å². The fourth-order valence-electron chi connectivity index (χ4n) is 2.24. The maximum Gasteiger partial charge on any atom is 0.673 e. The van der Waals surface area contributed by atoms with Crippen LogP contribution in [0, 0.1) is 0 Å². The van der Waals surface area contributed by atoms with Gasteiger partial charge in [0.05, 0.1) is 13.2 Å². The summed E-state index contributed by atoms with van der Waals surface area (Å²) in [5, 5.41) is 0. The van der Waals surface area contributed by atoms with Gasteiger partial charge in [-0.2, -0.15) is 0 Å². The summed E-state index contributed by atoms with van der Waals surface area (Å²) in [4.78, 5) is 0. The van der Waals surface area contributed by atoms with E-state index in [1.54, 1.807) is 11.8 Å². The fraction of sp³-hybridized carbons (Fsp3) is 0.105. The van der Waals surface area contributed by atoms with Crippen molar-refractivity contribution in [3.8, 4) is 17.1 Å². The number of halogens is 4. The van der Waals surface area contributed by atoms with Gasteiger partial charge in [-0.3, -0.25) is 0 Å². The molecule has 0 amide bonds. The van der Waals surface area contributed by atoms with E-state index in [1.807, 2.05) is 61.7 Å². The second kappa shape index (κ2) is 9.07. The highest BCUT2D eigenvalue weighted by atomic mass is 19.5. The molecule has 27 heavy (non-hydrogen) atoms. The summed E-state index contributed by atoms with van der Waals surface area (Å²) in [6.07, 6.45) is 4.12. The average molecular weight is 379 g/mol. The number of benzene rings is 2. The van der Waals surface area contributed by atoms with Crippen LogP contribution in [0.2, 0.25) is 0 Å². The molecule has 0 spiro atoms. The summed E-state index contributed by atoms with van der Waals surface area (Å²) in [7, 11) is -2.44. The molecular formula is C19H18BF4NO2. The molecule has 3 aromatic rings. The predicted molar refractivity (Wildman–Crippen MR) is 97.4 cm³/mol. The Kier molecular flexibility index (Phi) is 6.82. The van der Waals surface area contributed by atoms with Crippen molar-refractivity contribution in [2.24, 2.45) is 7.05 Å². The molecule has 0 unspecified atom stereocenters. The van der Waals surface area contributed by atoms with Crippen molar-refractivity contribution in [2.75, 3.05) is 7.11 Å². The maximum atomic E-state index is 9.75. The zero-order valence-corrected chi connectivity index (χ0v) is 14.8. The van der Waals surface area contributed by atoms with Crippen LogP contribution in [-0.4, -0.2) is 14.4 Å². The van der Waals surface area contributed by atoms with Crippen molar-refractivity contribution in [3.05, 3.63) is 71.9 Å². The molecule has 3 rings (SSSR count). The Labute approximate surface area is 154 Å². The minimum atomic E-state index is -6.00. The molecule has 0 saturated carbocycles. The molecule has 2 aromatic carbocycles. The van der Waals surface area contributed by atoms with E-state index in [0.29, 0.717) is 0 Å². The third-order valence-corrected chi connectivity index (χ3v) is 3.50. The van der Waals surface area contributed by atoms with Crippen LogP contribution in [0.1, 0.15) is 11.3 Å².